The van der Waals surface area contributed by atoms with E-state index < -0.39 is 0 Å². The van der Waals surface area contributed by atoms with Gasteiger partial charge in [0.1, 0.15) is 0 Å². The maximum atomic E-state index is 4.37. The highest BCUT2D eigenvalue weighted by Gasteiger charge is 2.29. The molecular formula is C11H19N3S. The van der Waals surface area contributed by atoms with Gasteiger partial charge in [0.25, 0.3) is 0 Å². The van der Waals surface area contributed by atoms with Crippen LogP contribution in [-0.2, 0) is 0 Å². The van der Waals surface area contributed by atoms with Gasteiger partial charge >= 0.3 is 0 Å². The molecule has 3 nitrogen and oxygen atoms in total. The number of rotatable bonds is 1. The summed E-state index contributed by atoms with van der Waals surface area (Å²) in [5, 5.41) is 6.79. The molecule has 0 radical (unpaired) electrons. The van der Waals surface area contributed by atoms with Gasteiger partial charge in [-0.15, -0.1) is 11.3 Å². The number of thiazole rings is 1. The Bertz CT molecular complexity index is 302. The number of anilines is 1. The Kier molecular flexibility index (Phi) is 2.98. The number of nitrogens with zero attached hydrogens (tertiary/aromatic N) is 2. The minimum Gasteiger partial charge on any atom is -0.345 e. The summed E-state index contributed by atoms with van der Waals surface area (Å²) < 4.78 is 0. The first-order valence-corrected chi connectivity index (χ1v) is 6.33. The predicted octanol–water partition coefficient (Wildman–Crippen LogP) is 1.97. The highest BCUT2D eigenvalue weighted by Crippen LogP contribution is 2.25. The summed E-state index contributed by atoms with van der Waals surface area (Å²) in [5.74, 6) is 0. The Labute approximate surface area is 95.5 Å². The molecule has 0 amide bonds. The molecule has 1 aliphatic heterocycles. The highest BCUT2D eigenvalue weighted by atomic mass is 32.1. The lowest BCUT2D eigenvalue weighted by Crippen LogP contribution is -2.56. The normalized spacial score (nSPS) is 23.1. The van der Waals surface area contributed by atoms with Crippen LogP contribution in [0.25, 0.3) is 0 Å². The minimum absolute atomic E-state index is 0.315. The molecule has 1 unspecified atom stereocenters. The zero-order valence-electron chi connectivity index (χ0n) is 9.66. The third-order valence-electron chi connectivity index (χ3n) is 2.91. The predicted molar refractivity (Wildman–Crippen MR) is 65.6 cm³/mol. The van der Waals surface area contributed by atoms with E-state index in [1.54, 1.807) is 11.3 Å². The van der Waals surface area contributed by atoms with Crippen molar-refractivity contribution in [2.24, 2.45) is 5.41 Å². The summed E-state index contributed by atoms with van der Waals surface area (Å²) in [6.07, 6.45) is 1.88. The van der Waals surface area contributed by atoms with E-state index in [1.807, 2.05) is 11.6 Å². The first kappa shape index (κ1) is 10.9. The molecule has 0 bridgehead atoms. The molecular weight excluding hydrogens is 206 g/mol. The maximum Gasteiger partial charge on any atom is 0.185 e. The molecule has 4 heteroatoms. The molecule has 1 fully saturated rings. The van der Waals surface area contributed by atoms with Crippen molar-refractivity contribution in [3.05, 3.63) is 11.6 Å². The van der Waals surface area contributed by atoms with Gasteiger partial charge in [-0.25, -0.2) is 4.98 Å². The fraction of sp³-hybridized carbons (Fsp3) is 0.727. The summed E-state index contributed by atoms with van der Waals surface area (Å²) in [5.41, 5.74) is 0.315. The minimum atomic E-state index is 0.315. The first-order chi connectivity index (χ1) is 7.07. The van der Waals surface area contributed by atoms with E-state index in [9.17, 15) is 0 Å². The third-order valence-corrected chi connectivity index (χ3v) is 3.74. The summed E-state index contributed by atoms with van der Waals surface area (Å²) in [4.78, 5) is 6.76. The smallest absolute Gasteiger partial charge is 0.185 e. The van der Waals surface area contributed by atoms with Crippen LogP contribution < -0.4 is 10.2 Å². The molecule has 1 saturated heterocycles. The molecule has 0 spiro atoms. The van der Waals surface area contributed by atoms with Gasteiger partial charge in [0, 0.05) is 37.3 Å². The van der Waals surface area contributed by atoms with Crippen molar-refractivity contribution in [1.29, 1.82) is 0 Å². The molecule has 84 valence electrons. The van der Waals surface area contributed by atoms with Crippen LogP contribution >= 0.6 is 11.3 Å². The van der Waals surface area contributed by atoms with E-state index in [1.165, 1.54) is 0 Å². The number of nitrogens with one attached hydrogen (secondary N) is 1. The van der Waals surface area contributed by atoms with Gasteiger partial charge in [0.05, 0.1) is 0 Å². The summed E-state index contributed by atoms with van der Waals surface area (Å²) >= 11 is 1.73. The lowest BCUT2D eigenvalue weighted by Gasteiger charge is -2.40. The number of hydrogen-bond acceptors (Lipinski definition) is 4. The van der Waals surface area contributed by atoms with Gasteiger partial charge < -0.3 is 10.2 Å². The first-order valence-electron chi connectivity index (χ1n) is 5.45. The highest BCUT2D eigenvalue weighted by molar-refractivity contribution is 7.13. The van der Waals surface area contributed by atoms with Crippen LogP contribution in [0, 0.1) is 5.41 Å². The van der Waals surface area contributed by atoms with Crippen molar-refractivity contribution < 1.29 is 0 Å². The van der Waals surface area contributed by atoms with E-state index >= 15 is 0 Å². The molecule has 1 aromatic rings. The molecule has 1 aliphatic rings. The standard InChI is InChI=1S/C11H19N3S/c1-11(2,3)9-8-14(6-4-12-9)10-13-5-7-15-10/h5,7,9,12H,4,6,8H2,1-3H3. The molecule has 0 aliphatic carbocycles. The van der Waals surface area contributed by atoms with Crippen LogP contribution in [0.5, 0.6) is 0 Å². The van der Waals surface area contributed by atoms with Crippen molar-refractivity contribution in [3.63, 3.8) is 0 Å². The fourth-order valence-electron chi connectivity index (χ4n) is 1.88. The quantitative estimate of drug-likeness (QED) is 0.792. The van der Waals surface area contributed by atoms with Crippen LogP contribution in [0.3, 0.4) is 0 Å². The Hall–Kier alpha value is -0.610. The van der Waals surface area contributed by atoms with Crippen LogP contribution in [0.4, 0.5) is 5.13 Å². The maximum absolute atomic E-state index is 4.37. The van der Waals surface area contributed by atoms with Crippen molar-refractivity contribution >= 4 is 16.5 Å². The average molecular weight is 225 g/mol. The monoisotopic (exact) mass is 225 g/mol. The van der Waals surface area contributed by atoms with Crippen LogP contribution in [0.15, 0.2) is 11.6 Å². The zero-order valence-corrected chi connectivity index (χ0v) is 10.5. The van der Waals surface area contributed by atoms with E-state index in [2.05, 4.69) is 36.0 Å². The van der Waals surface area contributed by atoms with Gasteiger partial charge in [-0.2, -0.15) is 0 Å². The van der Waals surface area contributed by atoms with Gasteiger partial charge in [-0.1, -0.05) is 20.8 Å². The molecule has 0 aromatic carbocycles. The molecule has 1 N–H and O–H groups in total. The van der Waals surface area contributed by atoms with Gasteiger partial charge in [-0.3, -0.25) is 0 Å². The van der Waals surface area contributed by atoms with Crippen LogP contribution in [0.1, 0.15) is 20.8 Å². The Morgan fingerprint density at radius 3 is 2.93 bits per heavy atom. The van der Waals surface area contributed by atoms with Crippen molar-refractivity contribution in [2.75, 3.05) is 24.5 Å². The second-order valence-electron chi connectivity index (χ2n) is 5.13. The van der Waals surface area contributed by atoms with Gasteiger partial charge in [-0.05, 0) is 5.41 Å². The Morgan fingerprint density at radius 1 is 1.53 bits per heavy atom. The van der Waals surface area contributed by atoms with Crippen LogP contribution in [-0.4, -0.2) is 30.7 Å². The van der Waals surface area contributed by atoms with E-state index in [0.29, 0.717) is 11.5 Å². The van der Waals surface area contributed by atoms with Gasteiger partial charge in [0.15, 0.2) is 5.13 Å². The van der Waals surface area contributed by atoms with Crippen molar-refractivity contribution in [2.45, 2.75) is 26.8 Å². The molecule has 1 aromatic heterocycles. The zero-order chi connectivity index (χ0) is 10.9. The van der Waals surface area contributed by atoms with Crippen molar-refractivity contribution in [3.8, 4) is 0 Å². The third kappa shape index (κ3) is 2.49. The van der Waals surface area contributed by atoms with Gasteiger partial charge in [0.2, 0.25) is 0 Å². The SMILES string of the molecule is CC(C)(C)C1CN(c2nccs2)CCN1. The second-order valence-corrected chi connectivity index (χ2v) is 6.01. The Morgan fingerprint density at radius 2 is 2.33 bits per heavy atom. The number of piperazine rings is 1. The lowest BCUT2D eigenvalue weighted by molar-refractivity contribution is 0.254. The summed E-state index contributed by atoms with van der Waals surface area (Å²) in [7, 11) is 0. The van der Waals surface area contributed by atoms with E-state index in [-0.39, 0.29) is 0 Å². The molecule has 1 atom stereocenters. The second kappa shape index (κ2) is 4.10. The fourth-order valence-corrected chi connectivity index (χ4v) is 2.56. The van der Waals surface area contributed by atoms with Crippen molar-refractivity contribution in [1.82, 2.24) is 10.3 Å². The van der Waals surface area contributed by atoms with E-state index in [4.69, 9.17) is 0 Å². The Balaban J connectivity index is 2.05. The largest absolute Gasteiger partial charge is 0.345 e. The lowest BCUT2D eigenvalue weighted by atomic mass is 9.85. The summed E-state index contributed by atoms with van der Waals surface area (Å²) in [6.45, 7) is 10.1. The number of hydrogen-bond donors (Lipinski definition) is 1. The molecule has 15 heavy (non-hydrogen) atoms. The number of aromatic nitrogens is 1. The molecule has 0 saturated carbocycles. The topological polar surface area (TPSA) is 28.2 Å². The molecule has 2 heterocycles. The van der Waals surface area contributed by atoms with E-state index in [0.717, 1.165) is 24.8 Å². The van der Waals surface area contributed by atoms with Crippen LogP contribution in [0.2, 0.25) is 0 Å². The average Bonchev–Trinajstić information content (AvgIpc) is 2.69. The molecule has 2 rings (SSSR count). The summed E-state index contributed by atoms with van der Waals surface area (Å²) in [6, 6.07) is 0.551.